The monoisotopic (exact) mass is 272 g/mol. The number of carboxylic acid groups (broad SMARTS) is 1. The highest BCUT2D eigenvalue weighted by Gasteiger charge is 2.37. The number of hydrogen-bond acceptors (Lipinski definition) is 1. The van der Waals surface area contributed by atoms with E-state index in [-0.39, 0.29) is 12.0 Å². The summed E-state index contributed by atoms with van der Waals surface area (Å²) in [6.45, 7) is 3.50. The SMILES string of the molecule is Cc1ccccc1CC(C)(C(=O)O)c1ccccc1F. The number of aliphatic carboxylic acids is 1. The molecule has 0 aliphatic heterocycles. The van der Waals surface area contributed by atoms with Crippen LogP contribution in [0.25, 0.3) is 0 Å². The largest absolute Gasteiger partial charge is 0.481 e. The number of benzene rings is 2. The van der Waals surface area contributed by atoms with Gasteiger partial charge < -0.3 is 5.11 Å². The Balaban J connectivity index is 2.49. The van der Waals surface area contributed by atoms with E-state index >= 15 is 0 Å². The van der Waals surface area contributed by atoms with Crippen LogP contribution in [-0.4, -0.2) is 11.1 Å². The van der Waals surface area contributed by atoms with Gasteiger partial charge in [-0.1, -0.05) is 42.5 Å². The Hall–Kier alpha value is -2.16. The molecule has 0 aliphatic rings. The normalized spacial score (nSPS) is 13.8. The van der Waals surface area contributed by atoms with Crippen LogP contribution in [0.15, 0.2) is 48.5 Å². The maximum atomic E-state index is 14.0. The zero-order valence-electron chi connectivity index (χ0n) is 11.6. The number of rotatable bonds is 4. The van der Waals surface area contributed by atoms with Gasteiger partial charge >= 0.3 is 5.97 Å². The fourth-order valence-corrected chi connectivity index (χ4v) is 2.38. The summed E-state index contributed by atoms with van der Waals surface area (Å²) in [7, 11) is 0. The summed E-state index contributed by atoms with van der Waals surface area (Å²) in [5.41, 5.74) is 0.866. The summed E-state index contributed by atoms with van der Waals surface area (Å²) < 4.78 is 14.0. The van der Waals surface area contributed by atoms with E-state index in [1.165, 1.54) is 6.07 Å². The lowest BCUT2D eigenvalue weighted by atomic mass is 9.76. The maximum Gasteiger partial charge on any atom is 0.314 e. The molecule has 2 aromatic carbocycles. The molecule has 0 spiro atoms. The van der Waals surface area contributed by atoms with Crippen LogP contribution in [0.3, 0.4) is 0 Å². The van der Waals surface area contributed by atoms with E-state index in [9.17, 15) is 14.3 Å². The van der Waals surface area contributed by atoms with Crippen LogP contribution >= 0.6 is 0 Å². The smallest absolute Gasteiger partial charge is 0.314 e. The fourth-order valence-electron chi connectivity index (χ4n) is 2.38. The molecule has 0 aromatic heterocycles. The molecule has 1 N–H and O–H groups in total. The summed E-state index contributed by atoms with van der Waals surface area (Å²) in [6, 6.07) is 13.7. The molecule has 0 heterocycles. The van der Waals surface area contributed by atoms with Gasteiger partial charge in [-0.25, -0.2) is 4.39 Å². The Labute approximate surface area is 117 Å². The molecule has 1 unspecified atom stereocenters. The van der Waals surface area contributed by atoms with Crippen molar-refractivity contribution in [2.75, 3.05) is 0 Å². The first kappa shape index (κ1) is 14.3. The number of aryl methyl sites for hydroxylation is 1. The fraction of sp³-hybridized carbons (Fsp3) is 0.235. The highest BCUT2D eigenvalue weighted by atomic mass is 19.1. The molecule has 0 bridgehead atoms. The lowest BCUT2D eigenvalue weighted by Gasteiger charge is -2.26. The lowest BCUT2D eigenvalue weighted by Crippen LogP contribution is -2.36. The van der Waals surface area contributed by atoms with Crippen LogP contribution in [0.2, 0.25) is 0 Å². The summed E-state index contributed by atoms with van der Waals surface area (Å²) in [6.07, 6.45) is 0.260. The molecule has 0 amide bonds. The average Bonchev–Trinajstić information content (AvgIpc) is 2.41. The standard InChI is InChI=1S/C17H17FO2/c1-12-7-3-4-8-13(12)11-17(2,16(19)20)14-9-5-6-10-15(14)18/h3-10H,11H2,1-2H3,(H,19,20). The minimum atomic E-state index is -1.28. The minimum Gasteiger partial charge on any atom is -0.481 e. The van der Waals surface area contributed by atoms with Crippen molar-refractivity contribution in [3.8, 4) is 0 Å². The minimum absolute atomic E-state index is 0.218. The van der Waals surface area contributed by atoms with Crippen molar-refractivity contribution in [1.29, 1.82) is 0 Å². The second kappa shape index (κ2) is 5.45. The van der Waals surface area contributed by atoms with Crippen molar-refractivity contribution in [2.24, 2.45) is 0 Å². The third-order valence-electron chi connectivity index (χ3n) is 3.75. The Morgan fingerprint density at radius 2 is 1.75 bits per heavy atom. The first-order valence-corrected chi connectivity index (χ1v) is 6.48. The number of hydrogen-bond donors (Lipinski definition) is 1. The molecule has 0 fully saturated rings. The molecule has 20 heavy (non-hydrogen) atoms. The zero-order valence-corrected chi connectivity index (χ0v) is 11.6. The molecule has 0 aliphatic carbocycles. The van der Waals surface area contributed by atoms with Gasteiger partial charge in [-0.2, -0.15) is 0 Å². The lowest BCUT2D eigenvalue weighted by molar-refractivity contribution is -0.143. The zero-order chi connectivity index (χ0) is 14.8. The summed E-state index contributed by atoms with van der Waals surface area (Å²) in [5.74, 6) is -1.50. The second-order valence-electron chi connectivity index (χ2n) is 5.22. The third-order valence-corrected chi connectivity index (χ3v) is 3.75. The molecular formula is C17H17FO2. The average molecular weight is 272 g/mol. The quantitative estimate of drug-likeness (QED) is 0.921. The molecule has 1 atom stereocenters. The van der Waals surface area contributed by atoms with Crippen molar-refractivity contribution in [1.82, 2.24) is 0 Å². The molecule has 2 nitrogen and oxygen atoms in total. The van der Waals surface area contributed by atoms with Gasteiger partial charge in [0.2, 0.25) is 0 Å². The van der Waals surface area contributed by atoms with Crippen LogP contribution < -0.4 is 0 Å². The van der Waals surface area contributed by atoms with Crippen LogP contribution in [-0.2, 0) is 16.6 Å². The molecule has 0 saturated carbocycles. The Bertz CT molecular complexity index is 636. The highest BCUT2D eigenvalue weighted by Crippen LogP contribution is 2.31. The van der Waals surface area contributed by atoms with E-state index in [0.717, 1.165) is 11.1 Å². The first-order chi connectivity index (χ1) is 9.45. The van der Waals surface area contributed by atoms with E-state index in [1.807, 2.05) is 31.2 Å². The van der Waals surface area contributed by atoms with Gasteiger partial charge in [-0.15, -0.1) is 0 Å². The van der Waals surface area contributed by atoms with E-state index in [1.54, 1.807) is 25.1 Å². The van der Waals surface area contributed by atoms with E-state index < -0.39 is 17.2 Å². The van der Waals surface area contributed by atoms with Gasteiger partial charge in [-0.3, -0.25) is 4.79 Å². The van der Waals surface area contributed by atoms with Gasteiger partial charge in [0.05, 0.1) is 5.41 Å². The van der Waals surface area contributed by atoms with Crippen LogP contribution in [0.1, 0.15) is 23.6 Å². The van der Waals surface area contributed by atoms with Crippen LogP contribution in [0, 0.1) is 12.7 Å². The topological polar surface area (TPSA) is 37.3 Å². The molecule has 0 saturated heterocycles. The Morgan fingerprint density at radius 3 is 2.35 bits per heavy atom. The van der Waals surface area contributed by atoms with E-state index in [2.05, 4.69) is 0 Å². The van der Waals surface area contributed by atoms with Crippen molar-refractivity contribution >= 4 is 5.97 Å². The van der Waals surface area contributed by atoms with Crippen LogP contribution in [0.4, 0.5) is 4.39 Å². The predicted molar refractivity (Wildman–Crippen MR) is 76.3 cm³/mol. The Kier molecular flexibility index (Phi) is 3.89. The highest BCUT2D eigenvalue weighted by molar-refractivity contribution is 5.81. The number of carboxylic acids is 1. The van der Waals surface area contributed by atoms with Crippen molar-refractivity contribution < 1.29 is 14.3 Å². The van der Waals surface area contributed by atoms with Crippen molar-refractivity contribution in [3.05, 3.63) is 71.0 Å². The molecule has 0 radical (unpaired) electrons. The molecule has 2 aromatic rings. The third kappa shape index (κ3) is 2.57. The first-order valence-electron chi connectivity index (χ1n) is 6.48. The van der Waals surface area contributed by atoms with Crippen LogP contribution in [0.5, 0.6) is 0 Å². The molecule has 104 valence electrons. The Morgan fingerprint density at radius 1 is 1.15 bits per heavy atom. The van der Waals surface area contributed by atoms with Gasteiger partial charge in [0, 0.05) is 5.56 Å². The summed E-state index contributed by atoms with van der Waals surface area (Å²) in [4.78, 5) is 11.7. The van der Waals surface area contributed by atoms with E-state index in [0.29, 0.717) is 0 Å². The van der Waals surface area contributed by atoms with Gasteiger partial charge in [-0.05, 0) is 37.5 Å². The van der Waals surface area contributed by atoms with Gasteiger partial charge in [0.15, 0.2) is 0 Å². The maximum absolute atomic E-state index is 14.0. The summed E-state index contributed by atoms with van der Waals surface area (Å²) >= 11 is 0. The number of halogens is 1. The molecule has 3 heteroatoms. The van der Waals surface area contributed by atoms with Crippen molar-refractivity contribution in [2.45, 2.75) is 25.7 Å². The number of carbonyl (C=O) groups is 1. The summed E-state index contributed by atoms with van der Waals surface area (Å²) in [5, 5.41) is 9.60. The predicted octanol–water partition coefficient (Wildman–Crippen LogP) is 3.72. The van der Waals surface area contributed by atoms with Gasteiger partial charge in [0.25, 0.3) is 0 Å². The van der Waals surface area contributed by atoms with Crippen molar-refractivity contribution in [3.63, 3.8) is 0 Å². The second-order valence-corrected chi connectivity index (χ2v) is 5.22. The molecular weight excluding hydrogens is 255 g/mol. The van der Waals surface area contributed by atoms with Gasteiger partial charge in [0.1, 0.15) is 5.82 Å². The molecule has 2 rings (SSSR count). The van der Waals surface area contributed by atoms with E-state index in [4.69, 9.17) is 0 Å².